The molecule has 0 aliphatic heterocycles. The fourth-order valence-electron chi connectivity index (χ4n) is 0.442. The van der Waals surface area contributed by atoms with Crippen molar-refractivity contribution in [1.29, 1.82) is 0 Å². The molecule has 0 heterocycles. The Morgan fingerprint density at radius 3 is 1.46 bits per heavy atom. The van der Waals surface area contributed by atoms with Crippen LogP contribution >= 0.6 is 0 Å². The minimum Gasteiger partial charge on any atom is -0.195 e. The van der Waals surface area contributed by atoms with Crippen LogP contribution < -0.4 is 0 Å². The van der Waals surface area contributed by atoms with Gasteiger partial charge in [-0.2, -0.15) is 30.7 Å². The zero-order valence-corrected chi connectivity index (χ0v) is 6.01. The van der Waals surface area contributed by atoms with E-state index in [0.29, 0.717) is 0 Å². The molecule has 7 heteroatoms. The van der Waals surface area contributed by atoms with Gasteiger partial charge >= 0.3 is 18.0 Å². The summed E-state index contributed by atoms with van der Waals surface area (Å²) in [4.78, 5) is 0. The quantitative estimate of drug-likeness (QED) is 0.612. The minimum absolute atomic E-state index is 0.180. The van der Waals surface area contributed by atoms with Crippen LogP contribution in [0.1, 0.15) is 0 Å². The van der Waals surface area contributed by atoms with Gasteiger partial charge in [-0.05, 0) is 13.0 Å². The summed E-state index contributed by atoms with van der Waals surface area (Å²) < 4.78 is 82.2. The Balaban J connectivity index is 5.03. The van der Waals surface area contributed by atoms with Gasteiger partial charge in [-0.25, -0.2) is 0 Å². The molecule has 0 amide bonds. The first-order chi connectivity index (χ1) is 5.56. The van der Waals surface area contributed by atoms with Crippen molar-refractivity contribution in [2.24, 2.45) is 0 Å². The molecule has 0 saturated carbocycles. The highest BCUT2D eigenvalue weighted by Gasteiger charge is 2.71. The van der Waals surface area contributed by atoms with E-state index in [-0.39, 0.29) is 6.08 Å². The topological polar surface area (TPSA) is 0 Å². The zero-order valence-electron chi connectivity index (χ0n) is 6.01. The lowest BCUT2D eigenvalue weighted by Crippen LogP contribution is -2.50. The molecular weight excluding hydrogens is 205 g/mol. The number of alkyl halides is 7. The molecule has 0 saturated heterocycles. The van der Waals surface area contributed by atoms with Gasteiger partial charge < -0.3 is 0 Å². The molecule has 0 fully saturated rings. The van der Waals surface area contributed by atoms with E-state index in [9.17, 15) is 30.7 Å². The van der Waals surface area contributed by atoms with Crippen molar-refractivity contribution in [3.05, 3.63) is 19.1 Å². The van der Waals surface area contributed by atoms with E-state index in [1.807, 2.05) is 0 Å². The van der Waals surface area contributed by atoms with E-state index in [0.717, 1.165) is 0 Å². The zero-order chi connectivity index (χ0) is 10.9. The number of hydrogen-bond donors (Lipinski definition) is 0. The van der Waals surface area contributed by atoms with Crippen molar-refractivity contribution >= 4 is 0 Å². The summed E-state index contributed by atoms with van der Waals surface area (Å²) in [6, 6.07) is 0. The van der Waals surface area contributed by atoms with E-state index >= 15 is 0 Å². The molecule has 0 bridgehead atoms. The number of hydrogen-bond acceptors (Lipinski definition) is 0. The maximum atomic E-state index is 12.1. The molecule has 0 nitrogen and oxygen atoms in total. The van der Waals surface area contributed by atoms with Gasteiger partial charge in [0.1, 0.15) is 0 Å². The molecule has 13 heavy (non-hydrogen) atoms. The van der Waals surface area contributed by atoms with Gasteiger partial charge in [0.2, 0.25) is 0 Å². The third-order valence-corrected chi connectivity index (χ3v) is 1.10. The number of rotatable bonds is 2. The average Bonchev–Trinajstić information content (AvgIpc) is 1.84. The molecule has 0 aliphatic rings. The van der Waals surface area contributed by atoms with Crippen LogP contribution in [0.15, 0.2) is 12.2 Å². The van der Waals surface area contributed by atoms with Crippen LogP contribution in [0.25, 0.3) is 0 Å². The van der Waals surface area contributed by atoms with Crippen molar-refractivity contribution < 1.29 is 30.7 Å². The highest BCUT2D eigenvalue weighted by atomic mass is 19.4. The molecule has 0 aromatic heterocycles. The second kappa shape index (κ2) is 3.19. The molecule has 0 aliphatic carbocycles. The highest BCUT2D eigenvalue weighted by Crippen LogP contribution is 2.46. The molecule has 77 valence electrons. The van der Waals surface area contributed by atoms with E-state index in [4.69, 9.17) is 0 Å². The smallest absolute Gasteiger partial charge is 0.195 e. The number of halogens is 7. The second-order valence-corrected chi connectivity index (χ2v) is 2.10. The van der Waals surface area contributed by atoms with Crippen molar-refractivity contribution in [1.82, 2.24) is 0 Å². The average molecular weight is 209 g/mol. The molecule has 0 spiro atoms. The third kappa shape index (κ3) is 2.13. The fourth-order valence-corrected chi connectivity index (χ4v) is 0.442. The summed E-state index contributed by atoms with van der Waals surface area (Å²) in [6.07, 6.45) is -6.70. The monoisotopic (exact) mass is 209 g/mol. The third-order valence-electron chi connectivity index (χ3n) is 1.10. The Kier molecular flexibility index (Phi) is 3.01. The van der Waals surface area contributed by atoms with Gasteiger partial charge in [0.05, 0.1) is 0 Å². The van der Waals surface area contributed by atoms with E-state index in [2.05, 4.69) is 6.92 Å². The van der Waals surface area contributed by atoms with Gasteiger partial charge in [0.25, 0.3) is 0 Å². The lowest BCUT2D eigenvalue weighted by atomic mass is 10.1. The Morgan fingerprint density at radius 1 is 0.846 bits per heavy atom. The van der Waals surface area contributed by atoms with Gasteiger partial charge in [-0.15, -0.1) is 0 Å². The van der Waals surface area contributed by atoms with E-state index in [1.165, 1.54) is 0 Å². The Morgan fingerprint density at radius 2 is 1.23 bits per heavy atom. The van der Waals surface area contributed by atoms with Crippen LogP contribution in [-0.4, -0.2) is 18.0 Å². The molecule has 0 aromatic rings. The molecule has 0 aromatic carbocycles. The summed E-state index contributed by atoms with van der Waals surface area (Å²) in [5.41, 5.74) is 0. The van der Waals surface area contributed by atoms with Crippen molar-refractivity contribution in [2.45, 2.75) is 18.0 Å². The van der Waals surface area contributed by atoms with Gasteiger partial charge in [0.15, 0.2) is 0 Å². The van der Waals surface area contributed by atoms with E-state index in [1.54, 1.807) is 0 Å². The maximum absolute atomic E-state index is 12.1. The van der Waals surface area contributed by atoms with Gasteiger partial charge in [0, 0.05) is 0 Å². The van der Waals surface area contributed by atoms with Crippen molar-refractivity contribution in [2.75, 3.05) is 0 Å². The summed E-state index contributed by atoms with van der Waals surface area (Å²) in [5, 5.41) is 0. The van der Waals surface area contributed by atoms with Crippen molar-refractivity contribution in [3.8, 4) is 0 Å². The first-order valence-electron chi connectivity index (χ1n) is 2.85. The highest BCUT2D eigenvalue weighted by molar-refractivity contribution is 5.06. The normalized spacial score (nSPS) is 15.4. The molecule has 0 rings (SSSR count). The molecule has 0 N–H and O–H groups in total. The minimum atomic E-state index is -6.28. The summed E-state index contributed by atoms with van der Waals surface area (Å²) in [7, 11) is 0. The molecular formula is C6H4F7. The fraction of sp³-hybridized carbons (Fsp3) is 0.500. The van der Waals surface area contributed by atoms with Crippen LogP contribution in [0.4, 0.5) is 30.7 Å². The van der Waals surface area contributed by atoms with Crippen LogP contribution in [0, 0.1) is 6.92 Å². The van der Waals surface area contributed by atoms with Gasteiger partial charge in [-0.3, -0.25) is 0 Å². The van der Waals surface area contributed by atoms with Crippen LogP contribution in [-0.2, 0) is 0 Å². The lowest BCUT2D eigenvalue weighted by molar-refractivity contribution is -0.341. The Hall–Kier alpha value is -0.750. The largest absolute Gasteiger partial charge is 0.460 e. The SMILES string of the molecule is [CH2]/C=C/C(F)(F)C(F)(F)C(F)(F)F. The van der Waals surface area contributed by atoms with Gasteiger partial charge in [-0.1, -0.05) is 6.08 Å². The summed E-state index contributed by atoms with van der Waals surface area (Å²) in [6.45, 7) is 2.61. The van der Waals surface area contributed by atoms with Crippen LogP contribution in [0.2, 0.25) is 0 Å². The Labute approximate surface area is 69.0 Å². The first-order valence-corrected chi connectivity index (χ1v) is 2.85. The maximum Gasteiger partial charge on any atom is 0.460 e. The molecule has 0 atom stereocenters. The first kappa shape index (κ1) is 12.2. The lowest BCUT2D eigenvalue weighted by Gasteiger charge is -2.25. The second-order valence-electron chi connectivity index (χ2n) is 2.10. The molecule has 1 radical (unpaired) electrons. The van der Waals surface area contributed by atoms with E-state index < -0.39 is 24.1 Å². The van der Waals surface area contributed by atoms with Crippen LogP contribution in [0.5, 0.6) is 0 Å². The number of allylic oxidation sites excluding steroid dienone is 2. The van der Waals surface area contributed by atoms with Crippen molar-refractivity contribution in [3.63, 3.8) is 0 Å². The van der Waals surface area contributed by atoms with Crippen LogP contribution in [0.3, 0.4) is 0 Å². The predicted molar refractivity (Wildman–Crippen MR) is 30.4 cm³/mol. The standard InChI is InChI=1S/C6H4F7/c1-2-3-4(7,8)5(9,10)6(11,12)13/h2-3H,1H2/b3-2+. The Bertz CT molecular complexity index is 200. The molecule has 0 unspecified atom stereocenters. The summed E-state index contributed by atoms with van der Waals surface area (Å²) in [5.74, 6) is -11.3. The predicted octanol–water partition coefficient (Wildman–Crippen LogP) is 3.21. The summed E-state index contributed by atoms with van der Waals surface area (Å²) >= 11 is 0.